The first-order valence-electron chi connectivity index (χ1n) is 6.32. The van der Waals surface area contributed by atoms with Crippen molar-refractivity contribution >= 4 is 39.1 Å². The zero-order chi connectivity index (χ0) is 14.5. The number of hydrogen-bond donors (Lipinski definition) is 1. The van der Waals surface area contributed by atoms with Gasteiger partial charge in [-0.3, -0.25) is 0 Å². The Kier molecular flexibility index (Phi) is 6.95. The van der Waals surface area contributed by atoms with Crippen molar-refractivity contribution in [2.24, 2.45) is 0 Å². The summed E-state index contributed by atoms with van der Waals surface area (Å²) < 4.78 is 6.42. The van der Waals surface area contributed by atoms with Gasteiger partial charge in [-0.25, -0.2) is 0 Å². The first kappa shape index (κ1) is 17.1. The van der Waals surface area contributed by atoms with E-state index in [0.717, 1.165) is 23.9 Å². The minimum absolute atomic E-state index is 0.170. The van der Waals surface area contributed by atoms with Crippen LogP contribution in [0, 0.1) is 0 Å². The standard InChI is InChI=1S/C14H20BrCl2NO/c1-14(2,3)18-6-4-5-7-19-13-9-11(16)10(15)8-12(13)17/h8-9,18H,4-7H2,1-3H3. The average molecular weight is 369 g/mol. The van der Waals surface area contributed by atoms with Crippen LogP contribution in [-0.4, -0.2) is 18.7 Å². The van der Waals surface area contributed by atoms with E-state index in [1.807, 2.05) is 0 Å². The van der Waals surface area contributed by atoms with Crippen molar-refractivity contribution < 1.29 is 4.74 Å². The Morgan fingerprint density at radius 2 is 1.84 bits per heavy atom. The molecule has 0 heterocycles. The lowest BCUT2D eigenvalue weighted by atomic mass is 10.1. The van der Waals surface area contributed by atoms with Gasteiger partial charge in [0, 0.05) is 16.1 Å². The fourth-order valence-corrected chi connectivity index (χ4v) is 2.33. The van der Waals surface area contributed by atoms with Crippen LogP contribution in [0.3, 0.4) is 0 Å². The average Bonchev–Trinajstić information content (AvgIpc) is 2.28. The summed E-state index contributed by atoms with van der Waals surface area (Å²) in [6, 6.07) is 3.49. The molecule has 0 saturated heterocycles. The SMILES string of the molecule is CC(C)(C)NCCCCOc1cc(Cl)c(Br)cc1Cl. The van der Waals surface area contributed by atoms with Crippen LogP contribution in [0.25, 0.3) is 0 Å². The van der Waals surface area contributed by atoms with Gasteiger partial charge in [-0.15, -0.1) is 0 Å². The van der Waals surface area contributed by atoms with Crippen molar-refractivity contribution in [3.63, 3.8) is 0 Å². The van der Waals surface area contributed by atoms with Gasteiger partial charge in [0.15, 0.2) is 0 Å². The molecule has 19 heavy (non-hydrogen) atoms. The summed E-state index contributed by atoms with van der Waals surface area (Å²) in [4.78, 5) is 0. The van der Waals surface area contributed by atoms with Gasteiger partial charge in [0.25, 0.3) is 0 Å². The van der Waals surface area contributed by atoms with Crippen LogP contribution in [0.4, 0.5) is 0 Å². The van der Waals surface area contributed by atoms with Crippen molar-refractivity contribution in [1.82, 2.24) is 5.32 Å². The van der Waals surface area contributed by atoms with E-state index in [4.69, 9.17) is 27.9 Å². The second kappa shape index (κ2) is 7.72. The lowest BCUT2D eigenvalue weighted by Gasteiger charge is -2.20. The van der Waals surface area contributed by atoms with Gasteiger partial charge in [-0.1, -0.05) is 23.2 Å². The van der Waals surface area contributed by atoms with E-state index in [2.05, 4.69) is 42.0 Å². The van der Waals surface area contributed by atoms with Gasteiger partial charge in [0.05, 0.1) is 16.7 Å². The van der Waals surface area contributed by atoms with Crippen molar-refractivity contribution in [3.05, 3.63) is 26.7 Å². The highest BCUT2D eigenvalue weighted by atomic mass is 79.9. The maximum atomic E-state index is 6.08. The Balaban J connectivity index is 2.28. The predicted octanol–water partition coefficient (Wildman–Crippen LogP) is 5.30. The normalized spacial score (nSPS) is 11.7. The molecule has 0 unspecified atom stereocenters. The van der Waals surface area contributed by atoms with Gasteiger partial charge in [0.1, 0.15) is 5.75 Å². The van der Waals surface area contributed by atoms with E-state index in [0.29, 0.717) is 22.4 Å². The smallest absolute Gasteiger partial charge is 0.139 e. The molecule has 0 amide bonds. The first-order chi connectivity index (χ1) is 8.79. The summed E-state index contributed by atoms with van der Waals surface area (Å²) in [7, 11) is 0. The van der Waals surface area contributed by atoms with E-state index in [9.17, 15) is 0 Å². The number of benzene rings is 1. The largest absolute Gasteiger partial charge is 0.492 e. The fraction of sp³-hybridized carbons (Fsp3) is 0.571. The third kappa shape index (κ3) is 6.84. The highest BCUT2D eigenvalue weighted by Gasteiger charge is 2.08. The van der Waals surface area contributed by atoms with E-state index >= 15 is 0 Å². The molecule has 0 aromatic heterocycles. The molecule has 0 aliphatic carbocycles. The lowest BCUT2D eigenvalue weighted by Crippen LogP contribution is -2.36. The molecule has 0 aliphatic heterocycles. The van der Waals surface area contributed by atoms with Gasteiger partial charge in [-0.2, -0.15) is 0 Å². The molecule has 1 N–H and O–H groups in total. The number of rotatable bonds is 6. The van der Waals surface area contributed by atoms with E-state index in [-0.39, 0.29) is 5.54 Å². The van der Waals surface area contributed by atoms with Gasteiger partial charge in [0.2, 0.25) is 0 Å². The van der Waals surface area contributed by atoms with Crippen molar-refractivity contribution in [2.45, 2.75) is 39.2 Å². The first-order valence-corrected chi connectivity index (χ1v) is 7.87. The molecule has 5 heteroatoms. The number of hydrogen-bond acceptors (Lipinski definition) is 2. The molecular weight excluding hydrogens is 349 g/mol. The number of unbranched alkanes of at least 4 members (excludes halogenated alkanes) is 1. The van der Waals surface area contributed by atoms with Crippen LogP contribution in [-0.2, 0) is 0 Å². The summed E-state index contributed by atoms with van der Waals surface area (Å²) in [6.07, 6.45) is 2.05. The maximum Gasteiger partial charge on any atom is 0.139 e. The minimum Gasteiger partial charge on any atom is -0.492 e. The molecule has 1 aromatic carbocycles. The molecule has 0 spiro atoms. The van der Waals surface area contributed by atoms with Gasteiger partial charge < -0.3 is 10.1 Å². The van der Waals surface area contributed by atoms with Crippen LogP contribution in [0.5, 0.6) is 5.75 Å². The summed E-state index contributed by atoms with van der Waals surface area (Å²) >= 11 is 15.4. The molecule has 1 rings (SSSR count). The third-order valence-corrected chi connectivity index (χ3v) is 3.95. The zero-order valence-corrected chi connectivity index (χ0v) is 14.6. The van der Waals surface area contributed by atoms with Crippen LogP contribution in [0.15, 0.2) is 16.6 Å². The van der Waals surface area contributed by atoms with Crippen LogP contribution >= 0.6 is 39.1 Å². The summed E-state index contributed by atoms with van der Waals surface area (Å²) in [5.41, 5.74) is 0.170. The summed E-state index contributed by atoms with van der Waals surface area (Å²) in [5.74, 6) is 0.638. The van der Waals surface area contributed by atoms with Crippen LogP contribution < -0.4 is 10.1 Å². The minimum atomic E-state index is 0.170. The van der Waals surface area contributed by atoms with E-state index in [1.165, 1.54) is 0 Å². The second-order valence-electron chi connectivity index (χ2n) is 5.43. The van der Waals surface area contributed by atoms with Crippen LogP contribution in [0.1, 0.15) is 33.6 Å². The Hall–Kier alpha value is 0.0400. The van der Waals surface area contributed by atoms with E-state index < -0.39 is 0 Å². The highest BCUT2D eigenvalue weighted by molar-refractivity contribution is 9.10. The Morgan fingerprint density at radius 1 is 1.16 bits per heavy atom. The molecule has 0 saturated carbocycles. The molecule has 0 bridgehead atoms. The van der Waals surface area contributed by atoms with Gasteiger partial charge >= 0.3 is 0 Å². The molecule has 0 atom stereocenters. The lowest BCUT2D eigenvalue weighted by molar-refractivity contribution is 0.301. The Bertz CT molecular complexity index is 419. The topological polar surface area (TPSA) is 21.3 Å². The Morgan fingerprint density at radius 3 is 2.47 bits per heavy atom. The maximum absolute atomic E-state index is 6.08. The monoisotopic (exact) mass is 367 g/mol. The third-order valence-electron chi connectivity index (χ3n) is 2.46. The van der Waals surface area contributed by atoms with E-state index in [1.54, 1.807) is 12.1 Å². The molecule has 0 fully saturated rings. The molecular formula is C14H20BrCl2NO. The van der Waals surface area contributed by atoms with Crippen molar-refractivity contribution in [3.8, 4) is 5.75 Å². The molecule has 1 aromatic rings. The second-order valence-corrected chi connectivity index (χ2v) is 7.10. The predicted molar refractivity (Wildman–Crippen MR) is 86.6 cm³/mol. The summed E-state index contributed by atoms with van der Waals surface area (Å²) in [5, 5.41) is 4.62. The fourth-order valence-electron chi connectivity index (χ4n) is 1.49. The molecule has 2 nitrogen and oxygen atoms in total. The van der Waals surface area contributed by atoms with Crippen LogP contribution in [0.2, 0.25) is 10.0 Å². The molecule has 0 aliphatic rings. The quantitative estimate of drug-likeness (QED) is 0.543. The zero-order valence-electron chi connectivity index (χ0n) is 11.5. The molecule has 0 radical (unpaired) electrons. The van der Waals surface area contributed by atoms with Crippen molar-refractivity contribution in [1.29, 1.82) is 0 Å². The molecule has 108 valence electrons. The number of halogens is 3. The number of nitrogens with one attached hydrogen (secondary N) is 1. The summed E-state index contributed by atoms with van der Waals surface area (Å²) in [6.45, 7) is 8.11. The van der Waals surface area contributed by atoms with Crippen molar-refractivity contribution in [2.75, 3.05) is 13.2 Å². The highest BCUT2D eigenvalue weighted by Crippen LogP contribution is 2.34. The number of ether oxygens (including phenoxy) is 1. The van der Waals surface area contributed by atoms with Gasteiger partial charge in [-0.05, 0) is 62.2 Å². The Labute approximate surface area is 133 Å².